The standard InChI is InChI=1S/C19H20FN3O3S/c1-13-19(14(2)23(22-13)17-9-7-16(20)8-10-17)27(24,25)21-12-15-5-4-6-18(11-15)26-3/h4-11,21H,12H2,1-3H3. The van der Waals surface area contributed by atoms with E-state index in [1.165, 1.54) is 16.8 Å². The Morgan fingerprint density at radius 2 is 1.85 bits per heavy atom. The van der Waals surface area contributed by atoms with Crippen LogP contribution in [0.3, 0.4) is 0 Å². The highest BCUT2D eigenvalue weighted by molar-refractivity contribution is 7.89. The molecule has 142 valence electrons. The molecule has 0 radical (unpaired) electrons. The molecule has 0 amide bonds. The number of hydrogen-bond acceptors (Lipinski definition) is 4. The fraction of sp³-hybridized carbons (Fsp3) is 0.211. The van der Waals surface area contributed by atoms with E-state index in [9.17, 15) is 12.8 Å². The third kappa shape index (κ3) is 4.01. The van der Waals surface area contributed by atoms with E-state index in [2.05, 4.69) is 9.82 Å². The smallest absolute Gasteiger partial charge is 0.244 e. The van der Waals surface area contributed by atoms with Gasteiger partial charge in [0.1, 0.15) is 16.5 Å². The first-order chi connectivity index (χ1) is 12.8. The summed E-state index contributed by atoms with van der Waals surface area (Å²) in [6.07, 6.45) is 0. The van der Waals surface area contributed by atoms with Gasteiger partial charge in [-0.25, -0.2) is 22.2 Å². The van der Waals surface area contributed by atoms with Crippen molar-refractivity contribution in [1.82, 2.24) is 14.5 Å². The van der Waals surface area contributed by atoms with E-state index in [1.807, 2.05) is 6.07 Å². The maximum absolute atomic E-state index is 13.1. The van der Waals surface area contributed by atoms with Crippen LogP contribution in [0.1, 0.15) is 17.0 Å². The number of aryl methyl sites for hydroxylation is 1. The first kappa shape index (κ1) is 19.1. The van der Waals surface area contributed by atoms with Gasteiger partial charge >= 0.3 is 0 Å². The Hall–Kier alpha value is -2.71. The van der Waals surface area contributed by atoms with Gasteiger partial charge in [-0.3, -0.25) is 0 Å². The maximum atomic E-state index is 13.1. The average molecular weight is 389 g/mol. The number of sulfonamides is 1. The molecule has 0 saturated heterocycles. The highest BCUT2D eigenvalue weighted by Crippen LogP contribution is 2.23. The summed E-state index contributed by atoms with van der Waals surface area (Å²) in [6, 6.07) is 12.9. The number of nitrogens with one attached hydrogen (secondary N) is 1. The normalized spacial score (nSPS) is 11.6. The van der Waals surface area contributed by atoms with Crippen molar-refractivity contribution in [2.24, 2.45) is 0 Å². The molecule has 1 heterocycles. The van der Waals surface area contributed by atoms with Gasteiger partial charge in [0.15, 0.2) is 0 Å². The summed E-state index contributed by atoms with van der Waals surface area (Å²) < 4.78 is 48.1. The van der Waals surface area contributed by atoms with Crippen molar-refractivity contribution in [3.63, 3.8) is 0 Å². The van der Waals surface area contributed by atoms with Crippen LogP contribution in [0.5, 0.6) is 5.75 Å². The van der Waals surface area contributed by atoms with E-state index >= 15 is 0 Å². The van der Waals surface area contributed by atoms with Gasteiger partial charge in [0.05, 0.1) is 24.2 Å². The van der Waals surface area contributed by atoms with Gasteiger partial charge in [-0.15, -0.1) is 0 Å². The molecule has 3 aromatic rings. The molecule has 0 aliphatic heterocycles. The second-order valence-electron chi connectivity index (χ2n) is 6.06. The molecule has 8 heteroatoms. The average Bonchev–Trinajstić information content (AvgIpc) is 2.96. The molecular formula is C19H20FN3O3S. The summed E-state index contributed by atoms with van der Waals surface area (Å²) in [5.74, 6) is 0.288. The zero-order valence-electron chi connectivity index (χ0n) is 15.2. The molecule has 2 aromatic carbocycles. The van der Waals surface area contributed by atoms with Crippen molar-refractivity contribution in [2.45, 2.75) is 25.3 Å². The van der Waals surface area contributed by atoms with Crippen molar-refractivity contribution in [3.05, 3.63) is 71.3 Å². The number of ether oxygens (including phenoxy) is 1. The summed E-state index contributed by atoms with van der Waals surface area (Å²) in [6.45, 7) is 3.43. The number of rotatable bonds is 6. The summed E-state index contributed by atoms with van der Waals surface area (Å²) in [5.41, 5.74) is 2.19. The minimum absolute atomic E-state index is 0.120. The Morgan fingerprint density at radius 3 is 2.52 bits per heavy atom. The second-order valence-corrected chi connectivity index (χ2v) is 7.77. The van der Waals surface area contributed by atoms with Gasteiger partial charge in [-0.2, -0.15) is 5.10 Å². The quantitative estimate of drug-likeness (QED) is 0.703. The van der Waals surface area contributed by atoms with Gasteiger partial charge in [0, 0.05) is 6.54 Å². The van der Waals surface area contributed by atoms with Crippen molar-refractivity contribution < 1.29 is 17.5 Å². The minimum atomic E-state index is -3.78. The van der Waals surface area contributed by atoms with Crippen molar-refractivity contribution in [2.75, 3.05) is 7.11 Å². The SMILES string of the molecule is COc1cccc(CNS(=O)(=O)c2c(C)nn(-c3ccc(F)cc3)c2C)c1. The Labute approximate surface area is 157 Å². The molecule has 0 atom stereocenters. The molecule has 0 bridgehead atoms. The lowest BCUT2D eigenvalue weighted by atomic mass is 10.2. The first-order valence-electron chi connectivity index (χ1n) is 8.26. The van der Waals surface area contributed by atoms with Gasteiger partial charge in [-0.1, -0.05) is 12.1 Å². The van der Waals surface area contributed by atoms with Crippen LogP contribution in [-0.2, 0) is 16.6 Å². The molecule has 0 saturated carbocycles. The molecule has 27 heavy (non-hydrogen) atoms. The molecule has 0 aliphatic carbocycles. The van der Waals surface area contributed by atoms with Crippen LogP contribution >= 0.6 is 0 Å². The highest BCUT2D eigenvalue weighted by Gasteiger charge is 2.25. The lowest BCUT2D eigenvalue weighted by molar-refractivity contribution is 0.414. The monoisotopic (exact) mass is 389 g/mol. The summed E-state index contributed by atoms with van der Waals surface area (Å²) >= 11 is 0. The van der Waals surface area contributed by atoms with Gasteiger partial charge in [-0.05, 0) is 55.8 Å². The molecule has 3 rings (SSSR count). The number of halogens is 1. The summed E-state index contributed by atoms with van der Waals surface area (Å²) in [5, 5.41) is 4.31. The van der Waals surface area contributed by atoms with Crippen LogP contribution in [0.2, 0.25) is 0 Å². The topological polar surface area (TPSA) is 73.2 Å². The van der Waals surface area contributed by atoms with Crippen molar-refractivity contribution in [1.29, 1.82) is 0 Å². The summed E-state index contributed by atoms with van der Waals surface area (Å²) in [4.78, 5) is 0.120. The predicted molar refractivity (Wildman–Crippen MR) is 100 cm³/mol. The molecular weight excluding hydrogens is 369 g/mol. The van der Waals surface area contributed by atoms with Gasteiger partial charge in [0.2, 0.25) is 10.0 Å². The Bertz CT molecular complexity index is 1060. The van der Waals surface area contributed by atoms with E-state index in [4.69, 9.17) is 4.74 Å². The predicted octanol–water partition coefficient (Wildman–Crippen LogP) is 3.12. The molecule has 0 spiro atoms. The molecule has 1 N–H and O–H groups in total. The third-order valence-corrected chi connectivity index (χ3v) is 5.82. The van der Waals surface area contributed by atoms with E-state index in [-0.39, 0.29) is 17.3 Å². The van der Waals surface area contributed by atoms with Crippen LogP contribution in [0.4, 0.5) is 4.39 Å². The Balaban J connectivity index is 1.89. The molecule has 0 unspecified atom stereocenters. The second kappa shape index (κ2) is 7.50. The fourth-order valence-corrected chi connectivity index (χ4v) is 4.29. The van der Waals surface area contributed by atoms with Gasteiger partial charge < -0.3 is 4.74 Å². The zero-order chi connectivity index (χ0) is 19.6. The Kier molecular flexibility index (Phi) is 5.29. The number of hydrogen-bond donors (Lipinski definition) is 1. The molecule has 0 aliphatic rings. The van der Waals surface area contributed by atoms with Crippen molar-refractivity contribution in [3.8, 4) is 11.4 Å². The lowest BCUT2D eigenvalue weighted by Gasteiger charge is -2.09. The third-order valence-electron chi connectivity index (χ3n) is 4.17. The summed E-state index contributed by atoms with van der Waals surface area (Å²) in [7, 11) is -2.23. The van der Waals surface area contributed by atoms with E-state index in [1.54, 1.807) is 51.3 Å². The Morgan fingerprint density at radius 1 is 1.15 bits per heavy atom. The number of nitrogens with zero attached hydrogens (tertiary/aromatic N) is 2. The fourth-order valence-electron chi connectivity index (χ4n) is 2.88. The highest BCUT2D eigenvalue weighted by atomic mass is 32.2. The van der Waals surface area contributed by atoms with Crippen LogP contribution in [0.25, 0.3) is 5.69 Å². The van der Waals surface area contributed by atoms with Gasteiger partial charge in [0.25, 0.3) is 0 Å². The van der Waals surface area contributed by atoms with E-state index in [0.29, 0.717) is 22.8 Å². The molecule has 6 nitrogen and oxygen atoms in total. The van der Waals surface area contributed by atoms with Crippen LogP contribution in [0, 0.1) is 19.7 Å². The largest absolute Gasteiger partial charge is 0.497 e. The minimum Gasteiger partial charge on any atom is -0.497 e. The van der Waals surface area contributed by atoms with Crippen LogP contribution in [-0.4, -0.2) is 25.3 Å². The zero-order valence-corrected chi connectivity index (χ0v) is 16.0. The maximum Gasteiger partial charge on any atom is 0.244 e. The van der Waals surface area contributed by atoms with E-state index < -0.39 is 10.0 Å². The van der Waals surface area contributed by atoms with E-state index in [0.717, 1.165) is 5.56 Å². The number of methoxy groups -OCH3 is 1. The first-order valence-corrected chi connectivity index (χ1v) is 9.75. The molecule has 1 aromatic heterocycles. The lowest BCUT2D eigenvalue weighted by Crippen LogP contribution is -2.24. The van der Waals surface area contributed by atoms with Crippen LogP contribution < -0.4 is 9.46 Å². The number of aromatic nitrogens is 2. The number of benzene rings is 2. The van der Waals surface area contributed by atoms with Crippen molar-refractivity contribution >= 4 is 10.0 Å². The van der Waals surface area contributed by atoms with Crippen LogP contribution in [0.15, 0.2) is 53.4 Å². The molecule has 0 fully saturated rings.